The van der Waals surface area contributed by atoms with E-state index in [9.17, 15) is 9.59 Å². The molecule has 0 saturated carbocycles. The number of nitrogens with zero attached hydrogens (tertiary/aromatic N) is 1. The molecule has 1 N–H and O–H groups in total. The molecule has 0 spiro atoms. The van der Waals surface area contributed by atoms with E-state index in [0.717, 1.165) is 0 Å². The lowest BCUT2D eigenvalue weighted by Crippen LogP contribution is -2.20. The molecule has 66 valence electrons. The Morgan fingerprint density at radius 2 is 2.23 bits per heavy atom. The van der Waals surface area contributed by atoms with Crippen molar-refractivity contribution in [2.45, 2.75) is 6.04 Å². The Balaban J connectivity index is 2.28. The number of carbonyl (C=O) groups is 2. The molecule has 0 aromatic carbocycles. The van der Waals surface area contributed by atoms with Gasteiger partial charge in [0.25, 0.3) is 0 Å². The predicted molar refractivity (Wildman–Crippen MR) is 41.6 cm³/mol. The smallest absolute Gasteiger partial charge is 0.374 e. The van der Waals surface area contributed by atoms with Crippen molar-refractivity contribution in [2.75, 3.05) is 0 Å². The maximum absolute atomic E-state index is 11.0. The lowest BCUT2D eigenvalue weighted by atomic mass is 10.2. The van der Waals surface area contributed by atoms with Crippen molar-refractivity contribution in [3.05, 3.63) is 30.1 Å². The minimum atomic E-state index is -0.756. The fourth-order valence-corrected chi connectivity index (χ4v) is 1.10. The van der Waals surface area contributed by atoms with Crippen molar-refractivity contribution in [2.24, 2.45) is 0 Å². The second-order valence-electron chi connectivity index (χ2n) is 2.54. The molecule has 1 amide bonds. The number of aromatic nitrogens is 1. The first-order valence-corrected chi connectivity index (χ1v) is 3.70. The largest absolute Gasteiger partial charge is 0.415 e. The average Bonchev–Trinajstić information content (AvgIpc) is 2.47. The van der Waals surface area contributed by atoms with Gasteiger partial charge >= 0.3 is 12.1 Å². The first-order chi connectivity index (χ1) is 6.27. The van der Waals surface area contributed by atoms with Crippen LogP contribution in [0.3, 0.4) is 0 Å². The highest BCUT2D eigenvalue weighted by Crippen LogP contribution is 2.16. The van der Waals surface area contributed by atoms with E-state index in [0.29, 0.717) is 5.69 Å². The number of pyridine rings is 1. The number of cyclic esters (lactones) is 2. The highest BCUT2D eigenvalue weighted by Gasteiger charge is 2.34. The van der Waals surface area contributed by atoms with Crippen LogP contribution in [0.1, 0.15) is 11.7 Å². The molecule has 1 fully saturated rings. The fourth-order valence-electron chi connectivity index (χ4n) is 1.10. The predicted octanol–water partition coefficient (Wildman–Crippen LogP) is 0.389. The van der Waals surface area contributed by atoms with Gasteiger partial charge in [-0.2, -0.15) is 0 Å². The molecule has 1 atom stereocenters. The number of ether oxygens (including phenoxy) is 1. The van der Waals surface area contributed by atoms with E-state index >= 15 is 0 Å². The summed E-state index contributed by atoms with van der Waals surface area (Å²) in [6.45, 7) is 0. The maximum atomic E-state index is 11.0. The SMILES string of the molecule is O=C1NC(c2ccccn2)C(=O)O1. The molecule has 2 rings (SSSR count). The first-order valence-electron chi connectivity index (χ1n) is 3.70. The molecule has 1 aliphatic heterocycles. The maximum Gasteiger partial charge on any atom is 0.415 e. The van der Waals surface area contributed by atoms with Gasteiger partial charge in [-0.3, -0.25) is 4.98 Å². The van der Waals surface area contributed by atoms with Crippen LogP contribution in [0.15, 0.2) is 24.4 Å². The van der Waals surface area contributed by atoms with E-state index in [2.05, 4.69) is 15.0 Å². The Bertz CT molecular complexity index is 350. The van der Waals surface area contributed by atoms with Crippen LogP contribution in [-0.2, 0) is 9.53 Å². The molecule has 1 aromatic heterocycles. The van der Waals surface area contributed by atoms with E-state index < -0.39 is 18.1 Å². The molecular formula is C8H6N2O3. The molecular weight excluding hydrogens is 172 g/mol. The van der Waals surface area contributed by atoms with E-state index in [1.54, 1.807) is 24.4 Å². The van der Waals surface area contributed by atoms with Gasteiger partial charge in [0.05, 0.1) is 5.69 Å². The highest BCUT2D eigenvalue weighted by molar-refractivity contribution is 5.95. The van der Waals surface area contributed by atoms with Crippen LogP contribution < -0.4 is 5.32 Å². The fraction of sp³-hybridized carbons (Fsp3) is 0.125. The number of alkyl carbamates (subject to hydrolysis) is 1. The normalized spacial score (nSPS) is 21.1. The van der Waals surface area contributed by atoms with Crippen LogP contribution in [0.2, 0.25) is 0 Å². The van der Waals surface area contributed by atoms with Crippen molar-refractivity contribution < 1.29 is 14.3 Å². The van der Waals surface area contributed by atoms with Crippen LogP contribution in [-0.4, -0.2) is 17.0 Å². The van der Waals surface area contributed by atoms with Crippen molar-refractivity contribution in [3.8, 4) is 0 Å². The molecule has 13 heavy (non-hydrogen) atoms. The molecule has 0 aliphatic carbocycles. The van der Waals surface area contributed by atoms with Gasteiger partial charge in [0.15, 0.2) is 6.04 Å². The first kappa shape index (κ1) is 7.72. The second-order valence-corrected chi connectivity index (χ2v) is 2.54. The standard InChI is InChI=1S/C8H6N2O3/c11-7-6(10-8(12)13-7)5-3-1-2-4-9-5/h1-4,6H,(H,10,12). The Hall–Kier alpha value is -1.91. The summed E-state index contributed by atoms with van der Waals surface area (Å²) in [5.74, 6) is -0.608. The molecule has 1 unspecified atom stereocenters. The summed E-state index contributed by atoms with van der Waals surface area (Å²) in [5, 5.41) is 2.35. The molecule has 1 saturated heterocycles. The molecule has 2 heterocycles. The number of esters is 1. The quantitative estimate of drug-likeness (QED) is 0.499. The third-order valence-electron chi connectivity index (χ3n) is 1.67. The number of hydrogen-bond donors (Lipinski definition) is 1. The number of rotatable bonds is 1. The van der Waals surface area contributed by atoms with Gasteiger partial charge in [0, 0.05) is 6.20 Å². The molecule has 0 radical (unpaired) electrons. The monoisotopic (exact) mass is 178 g/mol. The number of amides is 1. The molecule has 1 aromatic rings. The number of hydrogen-bond acceptors (Lipinski definition) is 4. The zero-order chi connectivity index (χ0) is 9.26. The van der Waals surface area contributed by atoms with Crippen LogP contribution in [0.4, 0.5) is 4.79 Å². The minimum Gasteiger partial charge on any atom is -0.374 e. The summed E-state index contributed by atoms with van der Waals surface area (Å²) in [4.78, 5) is 25.6. The van der Waals surface area contributed by atoms with Crippen LogP contribution in [0.5, 0.6) is 0 Å². The van der Waals surface area contributed by atoms with Gasteiger partial charge in [-0.25, -0.2) is 9.59 Å². The Morgan fingerprint density at radius 1 is 1.38 bits per heavy atom. The van der Waals surface area contributed by atoms with Crippen molar-refractivity contribution in [1.82, 2.24) is 10.3 Å². The summed E-state index contributed by atoms with van der Waals surface area (Å²) >= 11 is 0. The van der Waals surface area contributed by atoms with Gasteiger partial charge in [-0.05, 0) is 12.1 Å². The van der Waals surface area contributed by atoms with Gasteiger partial charge in [-0.15, -0.1) is 0 Å². The van der Waals surface area contributed by atoms with Crippen molar-refractivity contribution >= 4 is 12.1 Å². The lowest BCUT2D eigenvalue weighted by Gasteiger charge is -2.02. The molecule has 0 bridgehead atoms. The topological polar surface area (TPSA) is 68.3 Å². The van der Waals surface area contributed by atoms with E-state index in [4.69, 9.17) is 0 Å². The van der Waals surface area contributed by atoms with Gasteiger partial charge in [0.1, 0.15) is 0 Å². The Labute approximate surface area is 73.7 Å². The third-order valence-corrected chi connectivity index (χ3v) is 1.67. The summed E-state index contributed by atoms with van der Waals surface area (Å²) in [5.41, 5.74) is 0.485. The van der Waals surface area contributed by atoms with E-state index in [1.165, 1.54) is 0 Å². The van der Waals surface area contributed by atoms with Crippen LogP contribution in [0.25, 0.3) is 0 Å². The summed E-state index contributed by atoms with van der Waals surface area (Å²) in [6.07, 6.45) is 0.827. The summed E-state index contributed by atoms with van der Waals surface area (Å²) < 4.78 is 4.30. The number of carbonyl (C=O) groups excluding carboxylic acids is 2. The highest BCUT2D eigenvalue weighted by atomic mass is 16.6. The Morgan fingerprint density at radius 3 is 2.77 bits per heavy atom. The van der Waals surface area contributed by atoms with E-state index in [-0.39, 0.29) is 0 Å². The van der Waals surface area contributed by atoms with Crippen molar-refractivity contribution in [3.63, 3.8) is 0 Å². The van der Waals surface area contributed by atoms with Crippen LogP contribution in [0, 0.1) is 0 Å². The van der Waals surface area contributed by atoms with Gasteiger partial charge in [0.2, 0.25) is 0 Å². The van der Waals surface area contributed by atoms with Crippen molar-refractivity contribution in [1.29, 1.82) is 0 Å². The molecule has 1 aliphatic rings. The third kappa shape index (κ3) is 1.35. The Kier molecular flexibility index (Phi) is 1.70. The van der Waals surface area contributed by atoms with Gasteiger partial charge in [-0.1, -0.05) is 6.07 Å². The zero-order valence-electron chi connectivity index (χ0n) is 6.56. The lowest BCUT2D eigenvalue weighted by molar-refractivity contribution is -0.135. The molecule has 5 heteroatoms. The second kappa shape index (κ2) is 2.85. The zero-order valence-corrected chi connectivity index (χ0v) is 6.56. The summed E-state index contributed by atoms with van der Waals surface area (Å²) in [7, 11) is 0. The van der Waals surface area contributed by atoms with Gasteiger partial charge < -0.3 is 10.1 Å². The van der Waals surface area contributed by atoms with E-state index in [1.807, 2.05) is 0 Å². The van der Waals surface area contributed by atoms with Crippen LogP contribution >= 0.6 is 0 Å². The summed E-state index contributed by atoms with van der Waals surface area (Å²) in [6, 6.07) is 4.36. The average molecular weight is 178 g/mol. The minimum absolute atomic E-state index is 0.485. The number of nitrogens with one attached hydrogen (secondary N) is 1. The molecule has 5 nitrogen and oxygen atoms in total.